The summed E-state index contributed by atoms with van der Waals surface area (Å²) in [5, 5.41) is 3.04. The molecule has 1 aromatic carbocycles. The van der Waals surface area contributed by atoms with E-state index in [0.717, 1.165) is 31.5 Å². The highest BCUT2D eigenvalue weighted by Crippen LogP contribution is 2.13. The van der Waals surface area contributed by atoms with Gasteiger partial charge < -0.3 is 5.32 Å². The number of sulfonamides is 1. The van der Waals surface area contributed by atoms with E-state index in [4.69, 9.17) is 0 Å². The van der Waals surface area contributed by atoms with Crippen LogP contribution in [0, 0.1) is 0 Å². The molecule has 126 valence electrons. The number of nitrogens with one attached hydrogen (secondary N) is 2. The average Bonchev–Trinajstić information content (AvgIpc) is 2.49. The van der Waals surface area contributed by atoms with Crippen molar-refractivity contribution in [3.63, 3.8) is 0 Å². The number of aryl methyl sites for hydroxylation is 1. The summed E-state index contributed by atoms with van der Waals surface area (Å²) in [7, 11) is -3.12. The van der Waals surface area contributed by atoms with Gasteiger partial charge in [0.25, 0.3) is 0 Å². The summed E-state index contributed by atoms with van der Waals surface area (Å²) in [6.07, 6.45) is 5.35. The van der Waals surface area contributed by atoms with Crippen LogP contribution in [0.5, 0.6) is 0 Å². The molecular weight excluding hydrogens is 296 g/mol. The molecule has 0 spiro atoms. The van der Waals surface area contributed by atoms with Crippen molar-refractivity contribution < 1.29 is 8.42 Å². The predicted molar refractivity (Wildman–Crippen MR) is 94.8 cm³/mol. The first kappa shape index (κ1) is 19.0. The van der Waals surface area contributed by atoms with Crippen LogP contribution in [-0.4, -0.2) is 26.8 Å². The van der Waals surface area contributed by atoms with Gasteiger partial charge in [-0.15, -0.1) is 0 Å². The lowest BCUT2D eigenvalue weighted by molar-refractivity contribution is 0.568. The Morgan fingerprint density at radius 1 is 1.09 bits per heavy atom. The number of hydrogen-bond acceptors (Lipinski definition) is 3. The Balaban J connectivity index is 2.22. The van der Waals surface area contributed by atoms with Crippen LogP contribution in [0.3, 0.4) is 0 Å². The van der Waals surface area contributed by atoms with Crippen molar-refractivity contribution in [2.75, 3.05) is 18.4 Å². The Labute approximate surface area is 135 Å². The third-order valence-corrected chi connectivity index (χ3v) is 5.45. The fourth-order valence-corrected chi connectivity index (χ4v) is 2.84. The van der Waals surface area contributed by atoms with Crippen LogP contribution in [0.25, 0.3) is 0 Å². The maximum absolute atomic E-state index is 11.6. The molecule has 0 saturated carbocycles. The molecular formula is C17H30N2O2S. The van der Waals surface area contributed by atoms with Gasteiger partial charge in [-0.1, -0.05) is 25.5 Å². The van der Waals surface area contributed by atoms with Gasteiger partial charge in [-0.25, -0.2) is 13.1 Å². The van der Waals surface area contributed by atoms with Gasteiger partial charge in [-0.2, -0.15) is 0 Å². The highest BCUT2D eigenvalue weighted by molar-refractivity contribution is 7.90. The molecule has 0 amide bonds. The number of hydrogen-bond donors (Lipinski definition) is 2. The SMILES string of the molecule is CCCCc1cccc(NCCCCNS(=O)(=O)C(C)C)c1. The van der Waals surface area contributed by atoms with Gasteiger partial charge in [-0.3, -0.25) is 0 Å². The molecule has 0 aliphatic rings. The van der Waals surface area contributed by atoms with Gasteiger partial charge in [0, 0.05) is 18.8 Å². The zero-order valence-corrected chi connectivity index (χ0v) is 14.9. The van der Waals surface area contributed by atoms with E-state index in [-0.39, 0.29) is 5.25 Å². The molecule has 0 unspecified atom stereocenters. The summed E-state index contributed by atoms with van der Waals surface area (Å²) in [6, 6.07) is 8.54. The Bertz CT molecular complexity index is 527. The largest absolute Gasteiger partial charge is 0.385 e. The van der Waals surface area contributed by atoms with Gasteiger partial charge in [0.1, 0.15) is 0 Å². The van der Waals surface area contributed by atoms with Gasteiger partial charge in [-0.05, 0) is 57.2 Å². The molecule has 0 atom stereocenters. The Morgan fingerprint density at radius 3 is 2.50 bits per heavy atom. The number of unbranched alkanes of at least 4 members (excludes halogenated alkanes) is 2. The predicted octanol–water partition coefficient (Wildman–Crippen LogP) is 3.55. The van der Waals surface area contributed by atoms with Crippen molar-refractivity contribution in [1.82, 2.24) is 4.72 Å². The Morgan fingerprint density at radius 2 is 1.82 bits per heavy atom. The maximum atomic E-state index is 11.6. The van der Waals surface area contributed by atoms with E-state index in [1.54, 1.807) is 13.8 Å². The molecule has 0 bridgehead atoms. The summed E-state index contributed by atoms with van der Waals surface area (Å²) in [4.78, 5) is 0. The van der Waals surface area contributed by atoms with E-state index in [1.807, 2.05) is 0 Å². The van der Waals surface area contributed by atoms with Gasteiger partial charge in [0.05, 0.1) is 5.25 Å². The smallest absolute Gasteiger partial charge is 0.213 e. The first-order chi connectivity index (χ1) is 10.5. The van der Waals surface area contributed by atoms with E-state index in [9.17, 15) is 8.42 Å². The number of benzene rings is 1. The first-order valence-corrected chi connectivity index (χ1v) is 9.81. The number of anilines is 1. The topological polar surface area (TPSA) is 58.2 Å². The molecule has 1 rings (SSSR count). The Kier molecular flexibility index (Phi) is 8.49. The van der Waals surface area contributed by atoms with Crippen LogP contribution >= 0.6 is 0 Å². The standard InChI is InChI=1S/C17H30N2O2S/c1-4-5-9-16-10-8-11-17(14-16)18-12-6-7-13-19-22(20,21)15(2)3/h8,10-11,14-15,18-19H,4-7,9,12-13H2,1-3H3. The fraction of sp³-hybridized carbons (Fsp3) is 0.647. The van der Waals surface area contributed by atoms with Crippen molar-refractivity contribution >= 4 is 15.7 Å². The maximum Gasteiger partial charge on any atom is 0.213 e. The summed E-state index contributed by atoms with van der Waals surface area (Å²) >= 11 is 0. The third-order valence-electron chi connectivity index (χ3n) is 3.60. The van der Waals surface area contributed by atoms with E-state index in [0.29, 0.717) is 6.54 Å². The highest BCUT2D eigenvalue weighted by atomic mass is 32.2. The second-order valence-corrected chi connectivity index (χ2v) is 8.25. The van der Waals surface area contributed by atoms with Crippen LogP contribution in [0.2, 0.25) is 0 Å². The van der Waals surface area contributed by atoms with Crippen molar-refractivity contribution in [1.29, 1.82) is 0 Å². The summed E-state index contributed by atoms with van der Waals surface area (Å²) in [5.41, 5.74) is 2.52. The summed E-state index contributed by atoms with van der Waals surface area (Å²) in [6.45, 7) is 6.96. The summed E-state index contributed by atoms with van der Waals surface area (Å²) in [5.74, 6) is 0. The van der Waals surface area contributed by atoms with Gasteiger partial charge >= 0.3 is 0 Å². The molecule has 0 aliphatic heterocycles. The monoisotopic (exact) mass is 326 g/mol. The lowest BCUT2D eigenvalue weighted by atomic mass is 10.1. The number of rotatable bonds is 11. The van der Waals surface area contributed by atoms with Crippen LogP contribution in [0.1, 0.15) is 52.0 Å². The third kappa shape index (κ3) is 7.27. The van der Waals surface area contributed by atoms with Crippen molar-refractivity contribution in [2.45, 2.75) is 58.1 Å². The second-order valence-electron chi connectivity index (χ2n) is 5.93. The highest BCUT2D eigenvalue weighted by Gasteiger charge is 2.13. The van der Waals surface area contributed by atoms with E-state index in [1.165, 1.54) is 18.4 Å². The molecule has 2 N–H and O–H groups in total. The van der Waals surface area contributed by atoms with Crippen molar-refractivity contribution in [3.05, 3.63) is 29.8 Å². The zero-order valence-electron chi connectivity index (χ0n) is 14.1. The quantitative estimate of drug-likeness (QED) is 0.611. The molecule has 1 aromatic rings. The molecule has 5 heteroatoms. The molecule has 0 saturated heterocycles. The van der Waals surface area contributed by atoms with E-state index in [2.05, 4.69) is 41.2 Å². The normalized spacial score (nSPS) is 11.8. The van der Waals surface area contributed by atoms with Gasteiger partial charge in [0.2, 0.25) is 10.0 Å². The molecule has 0 radical (unpaired) electrons. The molecule has 0 aliphatic carbocycles. The average molecular weight is 327 g/mol. The van der Waals surface area contributed by atoms with Crippen molar-refractivity contribution in [2.24, 2.45) is 0 Å². The molecule has 0 aromatic heterocycles. The molecule has 22 heavy (non-hydrogen) atoms. The molecule has 0 heterocycles. The first-order valence-electron chi connectivity index (χ1n) is 8.27. The van der Waals surface area contributed by atoms with Crippen molar-refractivity contribution in [3.8, 4) is 0 Å². The van der Waals surface area contributed by atoms with Crippen LogP contribution < -0.4 is 10.0 Å². The Hall–Kier alpha value is -1.07. The molecule has 4 nitrogen and oxygen atoms in total. The lowest BCUT2D eigenvalue weighted by Gasteiger charge is -2.10. The van der Waals surface area contributed by atoms with E-state index < -0.39 is 10.0 Å². The zero-order chi connectivity index (χ0) is 16.4. The van der Waals surface area contributed by atoms with E-state index >= 15 is 0 Å². The second kappa shape index (κ2) is 9.85. The molecule has 0 fully saturated rings. The summed E-state index contributed by atoms with van der Waals surface area (Å²) < 4.78 is 25.8. The fourth-order valence-electron chi connectivity index (χ4n) is 2.08. The minimum atomic E-state index is -3.12. The minimum absolute atomic E-state index is 0.364. The van der Waals surface area contributed by atoms with Crippen LogP contribution in [0.15, 0.2) is 24.3 Å². The van der Waals surface area contributed by atoms with Gasteiger partial charge in [0.15, 0.2) is 0 Å². The minimum Gasteiger partial charge on any atom is -0.385 e. The lowest BCUT2D eigenvalue weighted by Crippen LogP contribution is -2.31. The van der Waals surface area contributed by atoms with Crippen LogP contribution in [0.4, 0.5) is 5.69 Å². The van der Waals surface area contributed by atoms with Crippen LogP contribution in [-0.2, 0) is 16.4 Å².